The van der Waals surface area contributed by atoms with Crippen LogP contribution in [0.25, 0.3) is 5.69 Å². The minimum absolute atomic E-state index is 0.0235. The Labute approximate surface area is 186 Å². The number of imide groups is 1. The molecule has 2 heterocycles. The number of hydrogen-bond donors (Lipinski definition) is 1. The average Bonchev–Trinajstić information content (AvgIpc) is 3.32. The first kappa shape index (κ1) is 21.9. The fourth-order valence-corrected chi connectivity index (χ4v) is 3.67. The Morgan fingerprint density at radius 1 is 1.18 bits per heavy atom. The molecule has 33 heavy (non-hydrogen) atoms. The Kier molecular flexibility index (Phi) is 5.75. The van der Waals surface area contributed by atoms with Crippen LogP contribution in [0.15, 0.2) is 57.8 Å². The van der Waals surface area contributed by atoms with Gasteiger partial charge in [-0.1, -0.05) is 0 Å². The highest BCUT2D eigenvalue weighted by Crippen LogP contribution is 2.27. The van der Waals surface area contributed by atoms with Gasteiger partial charge in [-0.3, -0.25) is 29.1 Å². The van der Waals surface area contributed by atoms with E-state index in [0.717, 1.165) is 4.90 Å². The first-order valence-electron chi connectivity index (χ1n) is 9.88. The molecular formula is C21H20N5O7+. The molecule has 0 spiro atoms. The lowest BCUT2D eigenvalue weighted by Crippen LogP contribution is -2.45. The summed E-state index contributed by atoms with van der Waals surface area (Å²) in [6, 6.07) is 11.3. The van der Waals surface area contributed by atoms with Crippen molar-refractivity contribution in [3.05, 3.63) is 74.8 Å². The van der Waals surface area contributed by atoms with E-state index in [9.17, 15) is 24.5 Å². The Balaban J connectivity index is 1.55. The third kappa shape index (κ3) is 4.11. The van der Waals surface area contributed by atoms with Gasteiger partial charge in [0.2, 0.25) is 11.6 Å². The summed E-state index contributed by atoms with van der Waals surface area (Å²) in [7, 11) is 3.17. The molecule has 2 amide bonds. The van der Waals surface area contributed by atoms with E-state index in [1.165, 1.54) is 28.9 Å². The average molecular weight is 454 g/mol. The second-order valence-electron chi connectivity index (χ2n) is 7.44. The number of carbonyl (C=O) groups excluding carboxylic acids is 2. The first-order chi connectivity index (χ1) is 15.8. The number of benzene rings is 2. The minimum atomic E-state index is -0.814. The topological polar surface area (TPSA) is 143 Å². The maximum absolute atomic E-state index is 13.0. The zero-order chi connectivity index (χ0) is 23.7. The largest absolute Gasteiger partial charge is 0.497 e. The van der Waals surface area contributed by atoms with Crippen LogP contribution in [0.2, 0.25) is 0 Å². The Bertz CT molecular complexity index is 1260. The fourth-order valence-electron chi connectivity index (χ4n) is 3.67. The highest BCUT2D eigenvalue weighted by molar-refractivity contribution is 6.22. The van der Waals surface area contributed by atoms with Crippen molar-refractivity contribution in [1.82, 2.24) is 10.2 Å². The number of nitrogens with one attached hydrogen (secondary N) is 1. The number of rotatable bonds is 7. The van der Waals surface area contributed by atoms with Crippen molar-refractivity contribution in [1.29, 1.82) is 0 Å². The number of H-pyrrole nitrogens is 1. The van der Waals surface area contributed by atoms with Crippen LogP contribution in [-0.4, -0.2) is 47.1 Å². The van der Waals surface area contributed by atoms with E-state index in [0.29, 0.717) is 11.4 Å². The number of aromatic nitrogens is 2. The number of amides is 2. The summed E-state index contributed by atoms with van der Waals surface area (Å²) in [6.45, 7) is 0.0235. The molecule has 1 aliphatic rings. The Morgan fingerprint density at radius 3 is 2.45 bits per heavy atom. The third-order valence-electron chi connectivity index (χ3n) is 5.44. The number of anilines is 1. The van der Waals surface area contributed by atoms with E-state index < -0.39 is 28.4 Å². The molecule has 1 atom stereocenters. The molecule has 0 bridgehead atoms. The van der Waals surface area contributed by atoms with Crippen molar-refractivity contribution >= 4 is 23.2 Å². The number of aromatic amines is 1. The molecule has 1 unspecified atom stereocenters. The molecule has 1 saturated heterocycles. The number of nitro groups is 1. The lowest BCUT2D eigenvalue weighted by atomic mass is 10.2. The summed E-state index contributed by atoms with van der Waals surface area (Å²) in [5, 5.41) is 13.4. The molecule has 0 radical (unpaired) electrons. The number of likely N-dealkylation sites (N-methyl/N-ethyl adjacent to an activating group) is 1. The van der Waals surface area contributed by atoms with Crippen LogP contribution in [0.1, 0.15) is 12.1 Å². The zero-order valence-corrected chi connectivity index (χ0v) is 17.8. The van der Waals surface area contributed by atoms with E-state index in [-0.39, 0.29) is 30.0 Å². The summed E-state index contributed by atoms with van der Waals surface area (Å²) in [6.07, 6.45) is -0.0926. The molecule has 1 aromatic heterocycles. The van der Waals surface area contributed by atoms with Gasteiger partial charge in [0.25, 0.3) is 11.6 Å². The lowest BCUT2D eigenvalue weighted by molar-refractivity contribution is -0.678. The van der Waals surface area contributed by atoms with Crippen molar-refractivity contribution in [2.24, 2.45) is 0 Å². The molecule has 12 nitrogen and oxygen atoms in total. The van der Waals surface area contributed by atoms with Crippen molar-refractivity contribution in [2.75, 3.05) is 19.1 Å². The van der Waals surface area contributed by atoms with E-state index in [1.807, 2.05) is 0 Å². The predicted octanol–water partition coefficient (Wildman–Crippen LogP) is 0.925. The molecule has 0 saturated carbocycles. The summed E-state index contributed by atoms with van der Waals surface area (Å²) in [5.74, 6) is -0.271. The Hall–Kier alpha value is -4.32. The van der Waals surface area contributed by atoms with E-state index in [1.54, 1.807) is 43.3 Å². The predicted molar refractivity (Wildman–Crippen MR) is 113 cm³/mol. The number of non-ortho nitro benzene ring substituents is 1. The number of carbonyl (C=O) groups is 2. The maximum Gasteiger partial charge on any atom is 0.431 e. The summed E-state index contributed by atoms with van der Waals surface area (Å²) in [4.78, 5) is 50.8. The second kappa shape index (κ2) is 8.67. The number of nitro benzene ring substituents is 1. The monoisotopic (exact) mass is 454 g/mol. The van der Waals surface area contributed by atoms with E-state index in [2.05, 4.69) is 5.27 Å². The molecule has 1 aliphatic heterocycles. The van der Waals surface area contributed by atoms with Gasteiger partial charge in [0.15, 0.2) is 0 Å². The number of methoxy groups -OCH3 is 1. The molecule has 3 aromatic rings. The number of hydrogen-bond acceptors (Lipinski definition) is 8. The smallest absolute Gasteiger partial charge is 0.431 e. The molecule has 170 valence electrons. The second-order valence-corrected chi connectivity index (χ2v) is 7.44. The number of ether oxygens (including phenoxy) is 1. The third-order valence-corrected chi connectivity index (χ3v) is 5.44. The molecule has 1 N–H and O–H groups in total. The fraction of sp³-hybridized carbons (Fsp3) is 0.238. The van der Waals surface area contributed by atoms with Crippen LogP contribution in [0.4, 0.5) is 11.4 Å². The minimum Gasteiger partial charge on any atom is -0.497 e. The highest BCUT2D eigenvalue weighted by Gasteiger charge is 2.43. The van der Waals surface area contributed by atoms with Crippen LogP contribution in [-0.2, 0) is 16.1 Å². The Morgan fingerprint density at radius 2 is 1.85 bits per heavy atom. The molecule has 0 aliphatic carbocycles. The van der Waals surface area contributed by atoms with E-state index >= 15 is 0 Å². The quantitative estimate of drug-likeness (QED) is 0.240. The summed E-state index contributed by atoms with van der Waals surface area (Å²) >= 11 is 0. The van der Waals surface area contributed by atoms with Gasteiger partial charge in [0.05, 0.1) is 36.7 Å². The van der Waals surface area contributed by atoms with Crippen molar-refractivity contribution in [2.45, 2.75) is 19.0 Å². The molecule has 2 aromatic carbocycles. The van der Waals surface area contributed by atoms with Gasteiger partial charge in [-0.2, -0.15) is 0 Å². The van der Waals surface area contributed by atoms with Gasteiger partial charge in [-0.05, 0) is 41.3 Å². The molecule has 4 rings (SSSR count). The summed E-state index contributed by atoms with van der Waals surface area (Å²) in [5.41, 5.74) is 0.347. The lowest BCUT2D eigenvalue weighted by Gasteiger charge is -2.20. The molecule has 1 fully saturated rings. The molecule has 12 heteroatoms. The van der Waals surface area contributed by atoms with Crippen LogP contribution < -0.4 is 19.9 Å². The SMILES string of the molecule is COc1ccc(-[n+]2[nH]oc(=O)c2CN(C)C2CC(=O)N(c3ccc([N+](=O)[O-])cc3)C2=O)cc1. The van der Waals surface area contributed by atoms with Crippen molar-refractivity contribution in [3.63, 3.8) is 0 Å². The maximum atomic E-state index is 13.0. The van der Waals surface area contributed by atoms with Gasteiger partial charge in [0, 0.05) is 24.3 Å². The molecular weight excluding hydrogens is 434 g/mol. The van der Waals surface area contributed by atoms with Crippen LogP contribution in [0, 0.1) is 10.1 Å². The van der Waals surface area contributed by atoms with E-state index in [4.69, 9.17) is 9.26 Å². The van der Waals surface area contributed by atoms with Gasteiger partial charge < -0.3 is 4.74 Å². The van der Waals surface area contributed by atoms with Gasteiger partial charge in [-0.15, -0.1) is 0 Å². The van der Waals surface area contributed by atoms with Crippen molar-refractivity contribution < 1.29 is 28.5 Å². The van der Waals surface area contributed by atoms with Gasteiger partial charge >= 0.3 is 11.3 Å². The standard InChI is InChI=1S/C21H19N5O7/c1-23(12-18-21(29)33-22-25(18)14-7-9-16(32-2)10-8-14)17-11-19(27)24(20(17)28)13-3-5-15(6-4-13)26(30)31/h3-10,17H,11-12H2,1-2H3/p+1. The zero-order valence-electron chi connectivity index (χ0n) is 17.8. The van der Waals surface area contributed by atoms with Gasteiger partial charge in [0.1, 0.15) is 5.75 Å². The highest BCUT2D eigenvalue weighted by atomic mass is 16.6. The van der Waals surface area contributed by atoms with Crippen LogP contribution >= 0.6 is 0 Å². The van der Waals surface area contributed by atoms with Crippen molar-refractivity contribution in [3.8, 4) is 11.4 Å². The summed E-state index contributed by atoms with van der Waals surface area (Å²) < 4.78 is 11.5. The van der Waals surface area contributed by atoms with Gasteiger partial charge in [-0.25, -0.2) is 9.69 Å². The van der Waals surface area contributed by atoms with Crippen LogP contribution in [0.3, 0.4) is 0 Å². The normalized spacial score (nSPS) is 16.0. The first-order valence-corrected chi connectivity index (χ1v) is 9.88. The van der Waals surface area contributed by atoms with Crippen LogP contribution in [0.5, 0.6) is 5.75 Å². The number of nitrogens with zero attached hydrogens (tertiary/aromatic N) is 4.